The first-order valence-electron chi connectivity index (χ1n) is 14.3. The summed E-state index contributed by atoms with van der Waals surface area (Å²) in [7, 11) is 5.67. The molecule has 13 heteroatoms. The average molecular weight is 693 g/mol. The summed E-state index contributed by atoms with van der Waals surface area (Å²) in [5.41, 5.74) is 0. The molecular formula is C33H37ClO10S2. The molecule has 10 nitrogen and oxygen atoms in total. The van der Waals surface area contributed by atoms with Crippen LogP contribution in [0.4, 0.5) is 0 Å². The third kappa shape index (κ3) is 9.34. The Hall–Kier alpha value is -3.87. The first-order chi connectivity index (χ1) is 21.9. The molecule has 0 saturated heterocycles. The number of benzene rings is 2. The van der Waals surface area contributed by atoms with Gasteiger partial charge < -0.3 is 28.8 Å². The molecule has 2 aromatic heterocycles. The molecule has 0 bridgehead atoms. The van der Waals surface area contributed by atoms with Gasteiger partial charge in [0.25, 0.3) is 0 Å². The summed E-state index contributed by atoms with van der Waals surface area (Å²) >= 11 is 8.33. The molecule has 0 aliphatic carbocycles. The Kier molecular flexibility index (Phi) is 13.7. The number of esters is 2. The second-order valence-corrected chi connectivity index (χ2v) is 12.9. The van der Waals surface area contributed by atoms with E-state index in [1.165, 1.54) is 44.0 Å². The third-order valence-electron chi connectivity index (χ3n) is 6.90. The Morgan fingerprint density at radius 2 is 1.20 bits per heavy atom. The number of rotatable bonds is 14. The van der Waals surface area contributed by atoms with Crippen molar-refractivity contribution in [2.24, 2.45) is 11.8 Å². The van der Waals surface area contributed by atoms with E-state index in [0.717, 1.165) is 26.6 Å². The lowest BCUT2D eigenvalue weighted by Crippen LogP contribution is -2.16. The number of alkyl halides is 1. The third-order valence-corrected chi connectivity index (χ3v) is 9.44. The van der Waals surface area contributed by atoms with Crippen LogP contribution in [0.3, 0.4) is 0 Å². The number of ketones is 2. The molecule has 2 aromatic carbocycles. The summed E-state index contributed by atoms with van der Waals surface area (Å²) in [5.74, 6) is 0.245. The molecule has 0 aliphatic heterocycles. The van der Waals surface area contributed by atoms with E-state index < -0.39 is 17.8 Å². The first kappa shape index (κ1) is 36.6. The van der Waals surface area contributed by atoms with Crippen molar-refractivity contribution < 1.29 is 48.0 Å². The molecular weight excluding hydrogens is 656 g/mol. The molecule has 0 radical (unpaired) electrons. The Morgan fingerprint density at radius 1 is 0.717 bits per heavy atom. The molecule has 1 N–H and O–H groups in total. The van der Waals surface area contributed by atoms with Gasteiger partial charge in [0, 0.05) is 40.3 Å². The van der Waals surface area contributed by atoms with Crippen LogP contribution < -0.4 is 14.2 Å². The van der Waals surface area contributed by atoms with E-state index >= 15 is 0 Å². The summed E-state index contributed by atoms with van der Waals surface area (Å²) < 4.78 is 27.1. The van der Waals surface area contributed by atoms with Gasteiger partial charge in [-0.1, -0.05) is 13.8 Å². The highest BCUT2D eigenvalue weighted by molar-refractivity contribution is 7.21. The van der Waals surface area contributed by atoms with Gasteiger partial charge >= 0.3 is 11.9 Å². The van der Waals surface area contributed by atoms with Crippen LogP contribution in [-0.2, 0) is 19.1 Å². The van der Waals surface area contributed by atoms with Crippen molar-refractivity contribution in [3.8, 4) is 23.0 Å². The average Bonchev–Trinajstić information content (AvgIpc) is 3.67. The van der Waals surface area contributed by atoms with Crippen LogP contribution in [0.5, 0.6) is 23.0 Å². The highest BCUT2D eigenvalue weighted by atomic mass is 35.5. The zero-order chi connectivity index (χ0) is 34.0. The Labute approximate surface area is 280 Å². The molecule has 0 aliphatic rings. The lowest BCUT2D eigenvalue weighted by molar-refractivity contribution is -0.145. The predicted octanol–water partition coefficient (Wildman–Crippen LogP) is 7.30. The van der Waals surface area contributed by atoms with E-state index in [1.54, 1.807) is 39.2 Å². The summed E-state index contributed by atoms with van der Waals surface area (Å²) in [4.78, 5) is 48.6. The monoisotopic (exact) mass is 692 g/mol. The Balaban J connectivity index is 0.000000254. The van der Waals surface area contributed by atoms with E-state index in [1.807, 2.05) is 18.2 Å². The van der Waals surface area contributed by atoms with Crippen molar-refractivity contribution >= 4 is 78.0 Å². The van der Waals surface area contributed by atoms with E-state index in [4.69, 9.17) is 25.8 Å². The van der Waals surface area contributed by atoms with E-state index in [9.17, 15) is 24.3 Å². The van der Waals surface area contributed by atoms with Crippen LogP contribution in [0.15, 0.2) is 36.4 Å². The van der Waals surface area contributed by atoms with E-state index in [0.29, 0.717) is 39.5 Å². The van der Waals surface area contributed by atoms with Gasteiger partial charge in [-0.05, 0) is 41.5 Å². The fraction of sp³-hybridized carbons (Fsp3) is 0.394. The maximum atomic E-state index is 12.4. The number of phenolic OH excluding ortho intramolecular Hbond substituents is 1. The van der Waals surface area contributed by atoms with Gasteiger partial charge in [0.2, 0.25) is 0 Å². The molecule has 248 valence electrons. The number of methoxy groups -OCH3 is 4. The number of hydrogen-bond acceptors (Lipinski definition) is 12. The number of Topliss-reactive ketones (excluding diaryl/α,β-unsaturated/α-hetero) is 2. The molecule has 4 aromatic rings. The number of carbonyl (C=O) groups is 4. The fourth-order valence-corrected chi connectivity index (χ4v) is 6.53. The normalized spacial score (nSPS) is 12.1. The van der Waals surface area contributed by atoms with Gasteiger partial charge in [0.1, 0.15) is 0 Å². The molecule has 0 saturated carbocycles. The zero-order valence-corrected chi connectivity index (χ0v) is 28.9. The van der Waals surface area contributed by atoms with Crippen LogP contribution in [-0.4, -0.2) is 69.5 Å². The number of ether oxygens (including phenoxy) is 5. The Bertz CT molecular complexity index is 1690. The summed E-state index contributed by atoms with van der Waals surface area (Å²) in [6.45, 7) is 3.84. The number of carbonyl (C=O) groups excluding carboxylic acids is 4. The van der Waals surface area contributed by atoms with E-state index in [-0.39, 0.29) is 36.1 Å². The molecule has 2 heterocycles. The molecule has 2 atom stereocenters. The number of hydrogen-bond donors (Lipinski definition) is 1. The number of aromatic hydroxyl groups is 1. The number of thiophene rings is 2. The van der Waals surface area contributed by atoms with Crippen LogP contribution in [0.1, 0.15) is 52.5 Å². The van der Waals surface area contributed by atoms with Crippen LogP contribution in [0.25, 0.3) is 20.2 Å². The fourth-order valence-electron chi connectivity index (χ4n) is 4.38. The minimum Gasteiger partial charge on any atom is -0.504 e. The van der Waals surface area contributed by atoms with Gasteiger partial charge in [0.15, 0.2) is 34.6 Å². The standard InChI is InChI=1S/C18H21ClO5S.C15H16O5S/c1-11(18(21)23-3)7-13(20)17-9-12-8-14(22-2)15(10-16(12)25-17)24-6-4-5-19;1-8(15(18)20-3)4-11(17)14-6-9-5-12(19-2)10(16)7-13(9)21-14/h8-11H,4-7H2,1-3H3;5-8,16H,4H2,1-3H3/t11-;8-/m00/s1. The van der Waals surface area contributed by atoms with Crippen molar-refractivity contribution in [1.82, 2.24) is 0 Å². The summed E-state index contributed by atoms with van der Waals surface area (Å²) in [5, 5.41) is 11.5. The van der Waals surface area contributed by atoms with Crippen molar-refractivity contribution in [2.45, 2.75) is 33.1 Å². The SMILES string of the molecule is COC(=O)[C@@H](C)CC(=O)c1cc2cc(OC)c(O)cc2s1.COC(=O)[C@@H](C)CC(=O)c1cc2cc(OC)c(OCCCCl)cc2s1. The van der Waals surface area contributed by atoms with Gasteiger partial charge in [-0.15, -0.1) is 34.3 Å². The van der Waals surface area contributed by atoms with Crippen LogP contribution >= 0.6 is 34.3 Å². The van der Waals surface area contributed by atoms with Crippen molar-refractivity contribution in [3.63, 3.8) is 0 Å². The van der Waals surface area contributed by atoms with Gasteiger partial charge in [-0.3, -0.25) is 19.2 Å². The molecule has 0 unspecified atom stereocenters. The van der Waals surface area contributed by atoms with Crippen molar-refractivity contribution in [3.05, 3.63) is 46.2 Å². The highest BCUT2D eigenvalue weighted by Gasteiger charge is 2.22. The van der Waals surface area contributed by atoms with Gasteiger partial charge in [-0.2, -0.15) is 0 Å². The number of fused-ring (bicyclic) bond motifs is 2. The van der Waals surface area contributed by atoms with Crippen LogP contribution in [0, 0.1) is 11.8 Å². The molecule has 0 spiro atoms. The van der Waals surface area contributed by atoms with Crippen LogP contribution in [0.2, 0.25) is 0 Å². The minimum atomic E-state index is -0.476. The maximum Gasteiger partial charge on any atom is 0.308 e. The molecule has 0 amide bonds. The molecule has 4 rings (SSSR count). The largest absolute Gasteiger partial charge is 0.504 e. The quantitative estimate of drug-likeness (QED) is 0.0621. The smallest absolute Gasteiger partial charge is 0.308 e. The molecule has 0 fully saturated rings. The second kappa shape index (κ2) is 17.2. The maximum absolute atomic E-state index is 12.4. The topological polar surface area (TPSA) is 135 Å². The van der Waals surface area contributed by atoms with Gasteiger partial charge in [-0.25, -0.2) is 0 Å². The lowest BCUT2D eigenvalue weighted by atomic mass is 10.0. The number of halogens is 1. The minimum absolute atomic E-state index is 0.0359. The highest BCUT2D eigenvalue weighted by Crippen LogP contribution is 2.38. The molecule has 46 heavy (non-hydrogen) atoms. The summed E-state index contributed by atoms with van der Waals surface area (Å²) in [6, 6.07) is 10.5. The predicted molar refractivity (Wildman–Crippen MR) is 180 cm³/mol. The second-order valence-electron chi connectivity index (χ2n) is 10.3. The Morgan fingerprint density at radius 3 is 1.65 bits per heavy atom. The van der Waals surface area contributed by atoms with Gasteiger partial charge in [0.05, 0.1) is 56.6 Å². The van der Waals surface area contributed by atoms with Crippen molar-refractivity contribution in [2.75, 3.05) is 40.9 Å². The van der Waals surface area contributed by atoms with Crippen molar-refractivity contribution in [1.29, 1.82) is 0 Å². The first-order valence-corrected chi connectivity index (χ1v) is 16.5. The lowest BCUT2D eigenvalue weighted by Gasteiger charge is -2.10. The van der Waals surface area contributed by atoms with E-state index in [2.05, 4.69) is 9.47 Å². The zero-order valence-electron chi connectivity index (χ0n) is 26.5. The summed E-state index contributed by atoms with van der Waals surface area (Å²) in [6.07, 6.45) is 0.959. The number of phenols is 1.